The zero-order valence-corrected chi connectivity index (χ0v) is 45.1. The predicted molar refractivity (Wildman–Crippen MR) is 280 cm³/mol. The fraction of sp³-hybridized carbons (Fsp3) is 0.500. The van der Waals surface area contributed by atoms with Gasteiger partial charge in [0.25, 0.3) is 11.7 Å². The third-order valence-electron chi connectivity index (χ3n) is 16.0. The number of fused-ring (bicyclic) bond motifs is 4. The number of ether oxygens (including phenoxy) is 6. The monoisotopic (exact) mass is 1080 g/mol. The molecule has 5 bridgehead atoms. The number of phenols is 1. The van der Waals surface area contributed by atoms with Crippen LogP contribution in [0.2, 0.25) is 0 Å². The lowest BCUT2D eigenvalue weighted by Crippen LogP contribution is -2.50. The molecule has 1 amide bonds. The van der Waals surface area contributed by atoms with Crippen LogP contribution in [0.25, 0.3) is 0 Å². The first kappa shape index (κ1) is 55.5. The summed E-state index contributed by atoms with van der Waals surface area (Å²) in [6, 6.07) is 8.23. The van der Waals surface area contributed by atoms with Gasteiger partial charge in [-0.2, -0.15) is 0 Å². The maximum Gasteiger partial charge on any atom is 0.414 e. The number of phenolic OH excluding ortho intramolecular Hbond substituents is 1. The van der Waals surface area contributed by atoms with E-state index in [1.54, 1.807) is 51.3 Å². The van der Waals surface area contributed by atoms with Crippen molar-refractivity contribution in [3.8, 4) is 17.5 Å². The Morgan fingerprint density at radius 1 is 0.962 bits per heavy atom. The van der Waals surface area contributed by atoms with Crippen molar-refractivity contribution in [2.75, 3.05) is 26.8 Å². The number of aliphatic imine (C=N–C) groups is 1. The summed E-state index contributed by atoms with van der Waals surface area (Å²) in [6.07, 6.45) is 5.61. The number of hydrogen-bond acceptors (Lipinski definition) is 19. The summed E-state index contributed by atoms with van der Waals surface area (Å²) in [7, 11) is 1.45. The highest BCUT2D eigenvalue weighted by atomic mass is 16.7. The zero-order chi connectivity index (χ0) is 56.1. The molecule has 2 aromatic carbocycles. The Hall–Kier alpha value is -7.24. The van der Waals surface area contributed by atoms with E-state index in [1.165, 1.54) is 52.5 Å². The van der Waals surface area contributed by atoms with E-state index in [0.29, 0.717) is 45.6 Å². The van der Waals surface area contributed by atoms with Gasteiger partial charge in [-0.25, -0.2) is 0 Å². The lowest BCUT2D eigenvalue weighted by molar-refractivity contribution is -0.389. The third-order valence-corrected chi connectivity index (χ3v) is 16.0. The van der Waals surface area contributed by atoms with E-state index in [4.69, 9.17) is 33.4 Å². The van der Waals surface area contributed by atoms with E-state index >= 15 is 0 Å². The molecule has 9 rings (SSSR count). The second-order valence-electron chi connectivity index (χ2n) is 21.5. The number of aliphatic hydroxyl groups is 2. The first-order chi connectivity index (χ1) is 37.0. The Balaban J connectivity index is 0.996. The summed E-state index contributed by atoms with van der Waals surface area (Å²) < 4.78 is 37.4. The fourth-order valence-corrected chi connectivity index (χ4v) is 11.2. The minimum atomic E-state index is -2.03. The van der Waals surface area contributed by atoms with Crippen molar-refractivity contribution in [2.24, 2.45) is 28.7 Å². The van der Waals surface area contributed by atoms with Gasteiger partial charge in [0.2, 0.25) is 5.78 Å². The molecule has 0 radical (unpaired) electrons. The number of aliphatic hydroxyl groups excluding tert-OH is 2. The average Bonchev–Trinajstić information content (AvgIpc) is 4.19. The number of benzene rings is 2. The topological polar surface area (TPSA) is 285 Å². The van der Waals surface area contributed by atoms with Crippen LogP contribution in [0.3, 0.4) is 0 Å². The fourth-order valence-electron chi connectivity index (χ4n) is 11.2. The van der Waals surface area contributed by atoms with Gasteiger partial charge in [0.15, 0.2) is 0 Å². The van der Waals surface area contributed by atoms with E-state index in [1.807, 2.05) is 24.3 Å². The van der Waals surface area contributed by atoms with Gasteiger partial charge in [0, 0.05) is 98.8 Å². The van der Waals surface area contributed by atoms with Crippen LogP contribution in [0, 0.1) is 40.7 Å². The molecule has 3 aromatic rings. The Morgan fingerprint density at radius 2 is 1.67 bits per heavy atom. The molecule has 78 heavy (non-hydrogen) atoms. The van der Waals surface area contributed by atoms with Crippen molar-refractivity contribution in [2.45, 2.75) is 130 Å². The highest BCUT2D eigenvalue weighted by Crippen LogP contribution is 2.50. The van der Waals surface area contributed by atoms with Crippen molar-refractivity contribution in [1.29, 1.82) is 0 Å². The number of nitro groups is 1. The number of aromatic hydroxyl groups is 1. The van der Waals surface area contributed by atoms with Crippen LogP contribution in [0.4, 0.5) is 5.82 Å². The van der Waals surface area contributed by atoms with Crippen molar-refractivity contribution in [1.82, 2.24) is 25.1 Å². The number of imidazole rings is 1. The normalized spacial score (nSPS) is 30.6. The van der Waals surface area contributed by atoms with E-state index in [-0.39, 0.29) is 75.2 Å². The number of allylic oxidation sites excluding steroid dienone is 4. The Bertz CT molecular complexity index is 3060. The number of hydrogen-bond donors (Lipinski definition) is 5. The highest BCUT2D eigenvalue weighted by Gasteiger charge is 2.54. The number of piperidine rings is 1. The molecule has 1 spiro atoms. The molecule has 1 saturated heterocycles. The molecule has 6 heterocycles. The Morgan fingerprint density at radius 3 is 2.35 bits per heavy atom. The number of nitrogens with zero attached hydrogens (tertiary/aromatic N) is 5. The minimum Gasteiger partial charge on any atom is -0.507 e. The molecule has 6 aliphatic rings. The molecule has 5 N–H and O–H groups in total. The number of esters is 1. The van der Waals surface area contributed by atoms with Crippen LogP contribution in [0.5, 0.6) is 17.5 Å². The molecule has 5 aliphatic heterocycles. The number of amides is 1. The van der Waals surface area contributed by atoms with Gasteiger partial charge in [-0.05, 0) is 36.0 Å². The molecule has 0 saturated carbocycles. The van der Waals surface area contributed by atoms with E-state index in [0.717, 1.165) is 11.1 Å². The Kier molecular flexibility index (Phi) is 15.6. The van der Waals surface area contributed by atoms with Crippen LogP contribution in [-0.4, -0.2) is 133 Å². The summed E-state index contributed by atoms with van der Waals surface area (Å²) in [5, 5.41) is 52.6. The molecule has 416 valence electrons. The van der Waals surface area contributed by atoms with Crippen LogP contribution < -0.4 is 20.1 Å². The number of methoxy groups -OCH3 is 1. The molecule has 22 nitrogen and oxygen atoms in total. The summed E-state index contributed by atoms with van der Waals surface area (Å²) in [6.45, 7) is 15.4. The highest BCUT2D eigenvalue weighted by molar-refractivity contribution is 6.34. The number of Topliss-reactive ketones (excluding diaryl/α,β-unsaturated/α-hetero) is 2. The molecule has 10 atom stereocenters. The number of carbonyl (C=O) groups is 4. The van der Waals surface area contributed by atoms with Crippen LogP contribution in [0.15, 0.2) is 83.0 Å². The van der Waals surface area contributed by atoms with E-state index in [9.17, 15) is 44.6 Å². The SMILES string of the molecule is CO[C@H]1/C=C/O[C@@]2(C)Oc3c(C)c(O)c4c(c3C2=O)C2=NC3(CCN(Cc5ccc(CO[C@@H]6COc7nc([N+](=O)[O-])cn7C6)cc5)CC3)NC2=C(NC(=O)/C(C)=C\C=C\[C@H](C)[C@H](O)[C@@H](C)[C@@H](O)[C@@H](C)[C@H](OC(C)=O)C1C)C4=O. The lowest BCUT2D eigenvalue weighted by atomic mass is 9.78. The molecule has 1 aromatic heterocycles. The van der Waals surface area contributed by atoms with Crippen molar-refractivity contribution < 1.29 is 67.8 Å². The first-order valence-corrected chi connectivity index (χ1v) is 26.2. The second-order valence-corrected chi connectivity index (χ2v) is 21.5. The van der Waals surface area contributed by atoms with Crippen LogP contribution >= 0.6 is 0 Å². The van der Waals surface area contributed by atoms with Crippen molar-refractivity contribution in [3.63, 3.8) is 0 Å². The Labute approximate surface area is 450 Å². The van der Waals surface area contributed by atoms with E-state index in [2.05, 4.69) is 20.5 Å². The van der Waals surface area contributed by atoms with Gasteiger partial charge in [0.05, 0.1) is 60.3 Å². The average molecular weight is 1080 g/mol. The summed E-state index contributed by atoms with van der Waals surface area (Å²) in [5.41, 5.74) is 1.28. The number of nitrogens with one attached hydrogen (secondary N) is 2. The van der Waals surface area contributed by atoms with Crippen molar-refractivity contribution in [3.05, 3.63) is 121 Å². The third kappa shape index (κ3) is 10.6. The first-order valence-electron chi connectivity index (χ1n) is 26.2. The lowest BCUT2D eigenvalue weighted by Gasteiger charge is -2.38. The quantitative estimate of drug-likeness (QED) is 0.109. The predicted octanol–water partition coefficient (Wildman–Crippen LogP) is 5.24. The smallest absolute Gasteiger partial charge is 0.414 e. The number of rotatable bonds is 8. The van der Waals surface area contributed by atoms with E-state index < -0.39 is 93.7 Å². The molecule has 1 unspecified atom stereocenters. The number of ketones is 2. The molecule has 22 heteroatoms. The standard InChI is InChI=1S/C56H67N7O15/c1-28-11-10-12-29(2)53(70)58-45-44-43(59-56(60-44)18-20-61(21-19-56)23-35-13-15-36(16-14-35)26-74-37-24-62-25-39(63(71)72)57-54(62)75-27-37)40-41(49(45)68)48(67)33(6)51-42(40)52(69)55(8,78-51)76-22-17-38(73-9)30(3)50(77-34(7)64)32(5)47(66)31(4)46(28)65/h10-17,22,25,28,30-32,37-38,46-47,50,60,65-67H,18-21,23-24,26-27H2,1-9H3,(H,58,70)/b11-10+,22-17+,29-12-/t28-,30?,31+,32+,37-,38-,46-,47+,50+,55-/m0/s1. The number of likely N-dealkylation sites (tertiary alicyclic amines) is 1. The molecular weight excluding hydrogens is 1010 g/mol. The van der Waals surface area contributed by atoms with Gasteiger partial charge in [-0.1, -0.05) is 70.2 Å². The molecular formula is C56H67N7O15. The molecule has 1 fully saturated rings. The van der Waals surface area contributed by atoms with Gasteiger partial charge in [0.1, 0.15) is 47.9 Å². The largest absolute Gasteiger partial charge is 0.507 e. The summed E-state index contributed by atoms with van der Waals surface area (Å²) >= 11 is 0. The van der Waals surface area contributed by atoms with Gasteiger partial charge >= 0.3 is 23.6 Å². The zero-order valence-electron chi connectivity index (χ0n) is 45.1. The maximum absolute atomic E-state index is 15.0. The van der Waals surface area contributed by atoms with Gasteiger partial charge in [-0.3, -0.25) is 33.6 Å². The number of aromatic nitrogens is 2. The summed E-state index contributed by atoms with van der Waals surface area (Å²) in [4.78, 5) is 78.6. The summed E-state index contributed by atoms with van der Waals surface area (Å²) in [5.74, 6) is -7.95. The molecule has 1 aliphatic carbocycles. The maximum atomic E-state index is 15.0. The van der Waals surface area contributed by atoms with Crippen LogP contribution in [0.1, 0.15) is 104 Å². The minimum absolute atomic E-state index is 0.0109. The van der Waals surface area contributed by atoms with Gasteiger partial charge in [-0.15, -0.1) is 0 Å². The van der Waals surface area contributed by atoms with Crippen molar-refractivity contribution >= 4 is 35.0 Å². The van der Waals surface area contributed by atoms with Crippen LogP contribution in [-0.2, 0) is 48.2 Å². The second kappa shape index (κ2) is 21.9. The van der Waals surface area contributed by atoms with Gasteiger partial charge < -0.3 is 64.5 Å². The number of carbonyl (C=O) groups excluding carboxylic acids is 4.